The van der Waals surface area contributed by atoms with Crippen molar-refractivity contribution in [3.05, 3.63) is 20.9 Å². The van der Waals surface area contributed by atoms with Crippen LogP contribution < -0.4 is 5.73 Å². The van der Waals surface area contributed by atoms with E-state index in [2.05, 4.69) is 18.8 Å². The van der Waals surface area contributed by atoms with Crippen molar-refractivity contribution < 1.29 is 14.3 Å². The molecular weight excluding hydrogens is 377 g/mol. The van der Waals surface area contributed by atoms with Crippen LogP contribution in [0.5, 0.6) is 0 Å². The Kier molecular flexibility index (Phi) is 6.17. The van der Waals surface area contributed by atoms with Crippen molar-refractivity contribution in [2.75, 3.05) is 25.4 Å². The summed E-state index contributed by atoms with van der Waals surface area (Å²) in [6.45, 7) is 5.09. The standard InChI is InChI=1S/C15H18Cl3N3O3/c1-7-3-8(2)5-21(4-7)9(22)6-24-15(23)13-10(16)12(19)11(17)14(18)20-13/h7-8H,3-6H2,1-2H3,(H2,19,20)/t7-,8+. The number of piperidine rings is 1. The Labute approximate surface area is 155 Å². The molecule has 0 aliphatic carbocycles. The zero-order valence-electron chi connectivity index (χ0n) is 13.3. The van der Waals surface area contributed by atoms with Crippen LogP contribution in [0.1, 0.15) is 30.8 Å². The first kappa shape index (κ1) is 19.1. The van der Waals surface area contributed by atoms with Gasteiger partial charge in [-0.3, -0.25) is 4.79 Å². The van der Waals surface area contributed by atoms with Crippen LogP contribution in [-0.4, -0.2) is 41.5 Å². The van der Waals surface area contributed by atoms with Crippen molar-refractivity contribution in [1.82, 2.24) is 9.88 Å². The fourth-order valence-corrected chi connectivity index (χ4v) is 3.41. The molecule has 0 aromatic carbocycles. The Morgan fingerprint density at radius 3 is 2.38 bits per heavy atom. The molecule has 132 valence electrons. The molecule has 1 saturated heterocycles. The third kappa shape index (κ3) is 4.23. The van der Waals surface area contributed by atoms with Gasteiger partial charge in [0, 0.05) is 13.1 Å². The van der Waals surface area contributed by atoms with Crippen LogP contribution >= 0.6 is 34.8 Å². The maximum absolute atomic E-state index is 12.2. The van der Waals surface area contributed by atoms with Crippen molar-refractivity contribution >= 4 is 52.4 Å². The number of pyridine rings is 1. The van der Waals surface area contributed by atoms with Crippen LogP contribution in [-0.2, 0) is 9.53 Å². The van der Waals surface area contributed by atoms with E-state index in [0.717, 1.165) is 6.42 Å². The van der Waals surface area contributed by atoms with Gasteiger partial charge in [-0.05, 0) is 18.3 Å². The smallest absolute Gasteiger partial charge is 0.359 e. The van der Waals surface area contributed by atoms with E-state index >= 15 is 0 Å². The van der Waals surface area contributed by atoms with Gasteiger partial charge in [-0.25, -0.2) is 9.78 Å². The molecule has 6 nitrogen and oxygen atoms in total. The summed E-state index contributed by atoms with van der Waals surface area (Å²) in [5.74, 6) is -0.304. The molecule has 1 amide bonds. The second kappa shape index (κ2) is 7.76. The first-order chi connectivity index (χ1) is 11.2. The molecule has 1 aliphatic heterocycles. The number of ether oxygens (including phenoxy) is 1. The maximum atomic E-state index is 12.2. The lowest BCUT2D eigenvalue weighted by Gasteiger charge is -2.34. The fourth-order valence-electron chi connectivity index (χ4n) is 2.82. The Hall–Kier alpha value is -1.24. The predicted molar refractivity (Wildman–Crippen MR) is 93.5 cm³/mol. The number of hydrogen-bond donors (Lipinski definition) is 1. The number of anilines is 1. The number of esters is 1. The number of nitrogen functional groups attached to an aromatic ring is 1. The number of carbonyl (C=O) groups is 2. The van der Waals surface area contributed by atoms with E-state index in [0.29, 0.717) is 24.9 Å². The average molecular weight is 395 g/mol. The van der Waals surface area contributed by atoms with Crippen LogP contribution in [0.4, 0.5) is 5.69 Å². The van der Waals surface area contributed by atoms with Crippen molar-refractivity contribution in [2.45, 2.75) is 20.3 Å². The highest BCUT2D eigenvalue weighted by molar-refractivity contribution is 6.46. The molecule has 2 heterocycles. The largest absolute Gasteiger partial charge is 0.451 e. The molecule has 2 rings (SSSR count). The first-order valence-corrected chi connectivity index (χ1v) is 8.59. The molecule has 2 atom stereocenters. The molecule has 2 N–H and O–H groups in total. The Bertz CT molecular complexity index is 659. The second-order valence-corrected chi connectivity index (χ2v) is 7.23. The molecule has 24 heavy (non-hydrogen) atoms. The van der Waals surface area contributed by atoms with E-state index in [9.17, 15) is 9.59 Å². The lowest BCUT2D eigenvalue weighted by atomic mass is 9.92. The lowest BCUT2D eigenvalue weighted by molar-refractivity contribution is -0.137. The minimum atomic E-state index is -0.878. The molecule has 0 bridgehead atoms. The van der Waals surface area contributed by atoms with E-state index < -0.39 is 12.6 Å². The zero-order valence-corrected chi connectivity index (χ0v) is 15.6. The van der Waals surface area contributed by atoms with Crippen LogP contribution in [0.2, 0.25) is 15.2 Å². The Morgan fingerprint density at radius 1 is 1.21 bits per heavy atom. The summed E-state index contributed by atoms with van der Waals surface area (Å²) >= 11 is 17.5. The quantitative estimate of drug-likeness (QED) is 0.628. The number of likely N-dealkylation sites (tertiary alicyclic amines) is 1. The van der Waals surface area contributed by atoms with Gasteiger partial charge in [0.15, 0.2) is 17.5 Å². The summed E-state index contributed by atoms with van der Waals surface area (Å²) < 4.78 is 5.01. The molecular formula is C15H18Cl3N3O3. The van der Waals surface area contributed by atoms with Gasteiger partial charge in [-0.15, -0.1) is 0 Å². The molecule has 0 unspecified atom stereocenters. The van der Waals surface area contributed by atoms with Gasteiger partial charge in [-0.2, -0.15) is 0 Å². The van der Waals surface area contributed by atoms with Gasteiger partial charge >= 0.3 is 5.97 Å². The number of rotatable bonds is 3. The van der Waals surface area contributed by atoms with Crippen LogP contribution in [0.3, 0.4) is 0 Å². The molecule has 9 heteroatoms. The van der Waals surface area contributed by atoms with Crippen molar-refractivity contribution in [2.24, 2.45) is 11.8 Å². The lowest BCUT2D eigenvalue weighted by Crippen LogP contribution is -2.44. The van der Waals surface area contributed by atoms with E-state index in [-0.39, 0.29) is 32.5 Å². The molecule has 1 aliphatic rings. The summed E-state index contributed by atoms with van der Waals surface area (Å²) in [6.07, 6.45) is 1.08. The molecule has 1 aromatic rings. The Morgan fingerprint density at radius 2 is 1.79 bits per heavy atom. The summed E-state index contributed by atoms with van der Waals surface area (Å²) in [5, 5.41) is -0.344. The normalized spacial score (nSPS) is 20.8. The molecule has 1 fully saturated rings. The first-order valence-electron chi connectivity index (χ1n) is 7.45. The minimum Gasteiger partial charge on any atom is -0.451 e. The number of carbonyl (C=O) groups excluding carboxylic acids is 2. The highest BCUT2D eigenvalue weighted by atomic mass is 35.5. The van der Waals surface area contributed by atoms with Crippen LogP contribution in [0.15, 0.2) is 0 Å². The number of aromatic nitrogens is 1. The average Bonchev–Trinajstić information content (AvgIpc) is 2.52. The van der Waals surface area contributed by atoms with E-state index in [1.807, 2.05) is 0 Å². The highest BCUT2D eigenvalue weighted by Gasteiger charge is 2.27. The van der Waals surface area contributed by atoms with E-state index in [1.165, 1.54) is 0 Å². The zero-order chi connectivity index (χ0) is 18.0. The van der Waals surface area contributed by atoms with Gasteiger partial charge in [0.1, 0.15) is 5.02 Å². The van der Waals surface area contributed by atoms with Gasteiger partial charge in [-0.1, -0.05) is 48.7 Å². The number of nitrogens with two attached hydrogens (primary N) is 1. The van der Waals surface area contributed by atoms with Gasteiger partial charge in [0.05, 0.1) is 10.7 Å². The Balaban J connectivity index is 2.02. The minimum absolute atomic E-state index is 0.0365. The molecule has 0 radical (unpaired) electrons. The number of nitrogens with zero attached hydrogens (tertiary/aromatic N) is 2. The molecule has 0 saturated carbocycles. The van der Waals surface area contributed by atoms with Crippen molar-refractivity contribution in [3.63, 3.8) is 0 Å². The summed E-state index contributed by atoms with van der Waals surface area (Å²) in [5.41, 5.74) is 5.33. The third-order valence-corrected chi connectivity index (χ3v) is 4.95. The van der Waals surface area contributed by atoms with Crippen molar-refractivity contribution in [1.29, 1.82) is 0 Å². The van der Waals surface area contributed by atoms with Crippen LogP contribution in [0, 0.1) is 11.8 Å². The SMILES string of the molecule is C[C@@H]1C[C@H](C)CN(C(=O)COC(=O)c2nc(Cl)c(Cl)c(N)c2Cl)C1. The summed E-state index contributed by atoms with van der Waals surface area (Å²) in [7, 11) is 0. The van der Waals surface area contributed by atoms with Gasteiger partial charge < -0.3 is 15.4 Å². The van der Waals surface area contributed by atoms with Crippen LogP contribution in [0.25, 0.3) is 0 Å². The van der Waals surface area contributed by atoms with Gasteiger partial charge in [0.25, 0.3) is 5.91 Å². The highest BCUT2D eigenvalue weighted by Crippen LogP contribution is 2.34. The molecule has 0 spiro atoms. The third-order valence-electron chi connectivity index (χ3n) is 3.81. The monoisotopic (exact) mass is 393 g/mol. The number of halogens is 3. The predicted octanol–water partition coefficient (Wildman–Crippen LogP) is 3.29. The number of hydrogen-bond acceptors (Lipinski definition) is 5. The van der Waals surface area contributed by atoms with Gasteiger partial charge in [0.2, 0.25) is 0 Å². The second-order valence-electron chi connectivity index (χ2n) is 6.11. The number of amides is 1. The molecule has 1 aromatic heterocycles. The topological polar surface area (TPSA) is 85.5 Å². The van der Waals surface area contributed by atoms with Crippen molar-refractivity contribution in [3.8, 4) is 0 Å². The summed E-state index contributed by atoms with van der Waals surface area (Å²) in [6, 6.07) is 0. The maximum Gasteiger partial charge on any atom is 0.359 e. The summed E-state index contributed by atoms with van der Waals surface area (Å²) in [4.78, 5) is 29.8. The van der Waals surface area contributed by atoms with E-state index in [4.69, 9.17) is 45.3 Å². The fraction of sp³-hybridized carbons (Fsp3) is 0.533. The van der Waals surface area contributed by atoms with E-state index in [1.54, 1.807) is 4.90 Å².